The maximum absolute atomic E-state index is 13.1. The van der Waals surface area contributed by atoms with Crippen LogP contribution in [-0.2, 0) is 22.2 Å². The molecule has 2 N–H and O–H groups in total. The van der Waals surface area contributed by atoms with Crippen LogP contribution in [0.1, 0.15) is 18.1 Å². The molecule has 0 aromatic heterocycles. The fourth-order valence-electron chi connectivity index (χ4n) is 3.45. The summed E-state index contributed by atoms with van der Waals surface area (Å²) in [6, 6.07) is 12.0. The van der Waals surface area contributed by atoms with E-state index >= 15 is 0 Å². The van der Waals surface area contributed by atoms with Gasteiger partial charge < -0.3 is 15.1 Å². The third kappa shape index (κ3) is 4.59. The van der Waals surface area contributed by atoms with Gasteiger partial charge in [-0.2, -0.15) is 13.2 Å². The Labute approximate surface area is 167 Å². The number of nitrogens with zero attached hydrogens (tertiary/aromatic N) is 1. The lowest BCUT2D eigenvalue weighted by Crippen LogP contribution is -3.15. The van der Waals surface area contributed by atoms with E-state index in [1.54, 1.807) is 18.9 Å². The van der Waals surface area contributed by atoms with E-state index in [1.165, 1.54) is 18.2 Å². The molecule has 1 aliphatic heterocycles. The van der Waals surface area contributed by atoms with E-state index in [4.69, 9.17) is 0 Å². The van der Waals surface area contributed by atoms with Crippen LogP contribution in [0, 0.1) is 0 Å². The first-order valence-electron chi connectivity index (χ1n) is 9.36. The quantitative estimate of drug-likeness (QED) is 0.800. The summed E-state index contributed by atoms with van der Waals surface area (Å²) in [5.41, 5.74) is 0.793. The van der Waals surface area contributed by atoms with Gasteiger partial charge in [0.05, 0.1) is 18.3 Å². The predicted octanol–water partition coefficient (Wildman–Crippen LogP) is 2.14. The van der Waals surface area contributed by atoms with E-state index in [0.717, 1.165) is 23.7 Å². The lowest BCUT2D eigenvalue weighted by molar-refractivity contribution is -0.885. The number of amides is 2. The number of fused-ring (bicyclic) bond motifs is 1. The summed E-state index contributed by atoms with van der Waals surface area (Å²) >= 11 is 0. The van der Waals surface area contributed by atoms with Crippen molar-refractivity contribution in [3.8, 4) is 0 Å². The Bertz CT molecular complexity index is 914. The van der Waals surface area contributed by atoms with Crippen molar-refractivity contribution in [3.63, 3.8) is 0 Å². The molecule has 1 unspecified atom stereocenters. The lowest BCUT2D eigenvalue weighted by Gasteiger charge is -2.25. The topological polar surface area (TPSA) is 53.9 Å². The third-order valence-electron chi connectivity index (χ3n) is 5.21. The van der Waals surface area contributed by atoms with Crippen molar-refractivity contribution >= 4 is 23.2 Å². The molecule has 0 bridgehead atoms. The van der Waals surface area contributed by atoms with Crippen LogP contribution < -0.4 is 15.1 Å². The Morgan fingerprint density at radius 3 is 2.52 bits per heavy atom. The zero-order valence-corrected chi connectivity index (χ0v) is 16.2. The normalized spacial score (nSPS) is 15.6. The van der Waals surface area contributed by atoms with E-state index in [9.17, 15) is 22.8 Å². The Balaban J connectivity index is 1.64. The first kappa shape index (κ1) is 20.9. The lowest BCUT2D eigenvalue weighted by atomic mass is 10.1. The van der Waals surface area contributed by atoms with Crippen LogP contribution in [0.2, 0.25) is 0 Å². The molecule has 0 fully saturated rings. The van der Waals surface area contributed by atoms with Gasteiger partial charge in [-0.15, -0.1) is 0 Å². The fraction of sp³-hybridized carbons (Fsp3) is 0.333. The van der Waals surface area contributed by atoms with E-state index in [2.05, 4.69) is 5.32 Å². The smallest absolute Gasteiger partial charge is 0.321 e. The number of anilines is 2. The Hall–Kier alpha value is -2.87. The standard InChI is InChI=1S/C21H22F3N3O2/c1-14(20(29)27-12-11-15-7-3-6-10-18(15)27)26(2)13-19(28)25-17-9-5-4-8-16(17)21(22,23)24/h3-10,14H,11-13H2,1-2H3,(H,25,28)/p+1/t14-/m1/s1. The molecule has 3 rings (SSSR count). The predicted molar refractivity (Wildman–Crippen MR) is 104 cm³/mol. The number of hydrogen-bond acceptors (Lipinski definition) is 2. The number of hydrogen-bond donors (Lipinski definition) is 2. The van der Waals surface area contributed by atoms with Crippen molar-refractivity contribution in [2.24, 2.45) is 0 Å². The SMILES string of the molecule is C[C@H](C(=O)N1CCc2ccccc21)[NH+](C)CC(=O)Nc1ccccc1C(F)(F)F. The Morgan fingerprint density at radius 1 is 1.14 bits per heavy atom. The number of quaternary nitrogens is 1. The summed E-state index contributed by atoms with van der Waals surface area (Å²) in [6.07, 6.45) is -3.78. The van der Waals surface area contributed by atoms with Crippen LogP contribution in [0.4, 0.5) is 24.5 Å². The van der Waals surface area contributed by atoms with Crippen molar-refractivity contribution in [2.75, 3.05) is 30.4 Å². The number of benzene rings is 2. The molecule has 2 aromatic rings. The van der Waals surface area contributed by atoms with Crippen LogP contribution in [0.3, 0.4) is 0 Å². The summed E-state index contributed by atoms with van der Waals surface area (Å²) in [6.45, 7) is 2.17. The minimum Gasteiger partial charge on any atom is -0.321 e. The largest absolute Gasteiger partial charge is 0.418 e. The first-order chi connectivity index (χ1) is 13.7. The molecule has 8 heteroatoms. The molecule has 1 heterocycles. The number of para-hydroxylation sites is 2. The maximum atomic E-state index is 13.1. The van der Waals surface area contributed by atoms with E-state index in [-0.39, 0.29) is 18.1 Å². The number of nitrogens with one attached hydrogen (secondary N) is 2. The second-order valence-corrected chi connectivity index (χ2v) is 7.20. The molecular formula is C21H23F3N3O2+. The number of likely N-dealkylation sites (N-methyl/N-ethyl adjacent to an activating group) is 1. The number of halogens is 3. The van der Waals surface area contributed by atoms with Crippen molar-refractivity contribution in [3.05, 3.63) is 59.7 Å². The van der Waals surface area contributed by atoms with Gasteiger partial charge >= 0.3 is 6.18 Å². The maximum Gasteiger partial charge on any atom is 0.418 e. The van der Waals surface area contributed by atoms with E-state index < -0.39 is 23.7 Å². The van der Waals surface area contributed by atoms with Gasteiger partial charge in [0.25, 0.3) is 11.8 Å². The monoisotopic (exact) mass is 406 g/mol. The highest BCUT2D eigenvalue weighted by atomic mass is 19.4. The highest BCUT2D eigenvalue weighted by Gasteiger charge is 2.35. The molecule has 2 atom stereocenters. The van der Waals surface area contributed by atoms with Gasteiger partial charge in [-0.3, -0.25) is 9.59 Å². The van der Waals surface area contributed by atoms with Crippen LogP contribution in [0.5, 0.6) is 0 Å². The Kier molecular flexibility index (Phi) is 5.93. The zero-order chi connectivity index (χ0) is 21.2. The van der Waals surface area contributed by atoms with Crippen LogP contribution in [-0.4, -0.2) is 38.0 Å². The zero-order valence-electron chi connectivity index (χ0n) is 16.2. The van der Waals surface area contributed by atoms with Crippen LogP contribution >= 0.6 is 0 Å². The summed E-state index contributed by atoms with van der Waals surface area (Å²) < 4.78 is 39.2. The molecule has 0 radical (unpaired) electrons. The van der Waals surface area contributed by atoms with Gasteiger partial charge in [0.1, 0.15) is 0 Å². The molecule has 154 valence electrons. The van der Waals surface area contributed by atoms with Gasteiger partial charge in [-0.25, -0.2) is 0 Å². The molecule has 2 aromatic carbocycles. The number of carbonyl (C=O) groups is 2. The second kappa shape index (κ2) is 8.24. The fourth-order valence-corrected chi connectivity index (χ4v) is 3.45. The Morgan fingerprint density at radius 2 is 1.79 bits per heavy atom. The average molecular weight is 406 g/mol. The highest BCUT2D eigenvalue weighted by molar-refractivity contribution is 5.98. The van der Waals surface area contributed by atoms with Crippen LogP contribution in [0.15, 0.2) is 48.5 Å². The molecule has 0 saturated carbocycles. The molecule has 29 heavy (non-hydrogen) atoms. The van der Waals surface area contributed by atoms with Gasteiger partial charge in [0.2, 0.25) is 0 Å². The summed E-state index contributed by atoms with van der Waals surface area (Å²) in [5, 5.41) is 2.32. The number of carbonyl (C=O) groups excluding carboxylic acids is 2. The summed E-state index contributed by atoms with van der Waals surface area (Å²) in [4.78, 5) is 27.5. The minimum absolute atomic E-state index is 0.115. The highest BCUT2D eigenvalue weighted by Crippen LogP contribution is 2.34. The van der Waals surface area contributed by atoms with E-state index in [1.807, 2.05) is 24.3 Å². The molecule has 0 saturated heterocycles. The second-order valence-electron chi connectivity index (χ2n) is 7.20. The van der Waals surface area contributed by atoms with E-state index in [0.29, 0.717) is 11.4 Å². The van der Waals surface area contributed by atoms with Crippen molar-refractivity contribution in [1.29, 1.82) is 0 Å². The van der Waals surface area contributed by atoms with Gasteiger partial charge in [0, 0.05) is 12.2 Å². The molecule has 0 aliphatic carbocycles. The average Bonchev–Trinajstić information content (AvgIpc) is 3.10. The molecule has 0 spiro atoms. The molecule has 2 amide bonds. The summed E-state index contributed by atoms with van der Waals surface area (Å²) in [5.74, 6) is -0.698. The molecular weight excluding hydrogens is 383 g/mol. The van der Waals surface area contributed by atoms with Crippen LogP contribution in [0.25, 0.3) is 0 Å². The van der Waals surface area contributed by atoms with Crippen molar-refractivity contribution in [2.45, 2.75) is 25.6 Å². The number of rotatable bonds is 5. The molecule has 5 nitrogen and oxygen atoms in total. The third-order valence-corrected chi connectivity index (χ3v) is 5.21. The minimum atomic E-state index is -4.56. The van der Waals surface area contributed by atoms with Gasteiger partial charge in [0.15, 0.2) is 12.6 Å². The van der Waals surface area contributed by atoms with Gasteiger partial charge in [-0.1, -0.05) is 30.3 Å². The van der Waals surface area contributed by atoms with Crippen molar-refractivity contribution < 1.29 is 27.7 Å². The van der Waals surface area contributed by atoms with Gasteiger partial charge in [-0.05, 0) is 37.1 Å². The number of alkyl halides is 3. The van der Waals surface area contributed by atoms with Crippen molar-refractivity contribution in [1.82, 2.24) is 0 Å². The molecule has 1 aliphatic rings. The first-order valence-corrected chi connectivity index (χ1v) is 9.36. The summed E-state index contributed by atoms with van der Waals surface area (Å²) in [7, 11) is 1.68.